The van der Waals surface area contributed by atoms with Crippen LogP contribution >= 0.6 is 0 Å². The van der Waals surface area contributed by atoms with E-state index in [2.05, 4.69) is 20.6 Å². The number of aliphatic carboxylic acids is 2. The maximum Gasteiger partial charge on any atom is 0.326 e. The number of carbonyl (C=O) groups is 5. The molecule has 8 N–H and O–H groups in total. The Morgan fingerprint density at radius 3 is 2.48 bits per heavy atom. The number of aromatic amines is 1. The van der Waals surface area contributed by atoms with Crippen LogP contribution in [0.25, 0.3) is 0 Å². The lowest BCUT2D eigenvalue weighted by Gasteiger charge is -2.30. The van der Waals surface area contributed by atoms with Gasteiger partial charge in [-0.2, -0.15) is 0 Å². The molecule has 1 aromatic rings. The number of carbonyl (C=O) groups excluding carboxylic acids is 3. The van der Waals surface area contributed by atoms with Crippen LogP contribution in [-0.4, -0.2) is 96.7 Å². The number of carboxylic acid groups (broad SMARTS) is 2. The van der Waals surface area contributed by atoms with Crippen LogP contribution in [0.2, 0.25) is 0 Å². The fourth-order valence-corrected chi connectivity index (χ4v) is 3.50. The van der Waals surface area contributed by atoms with Gasteiger partial charge in [-0.25, -0.2) is 9.78 Å². The first-order valence-electron chi connectivity index (χ1n) is 10.3. The van der Waals surface area contributed by atoms with Gasteiger partial charge in [0.1, 0.15) is 18.1 Å². The van der Waals surface area contributed by atoms with E-state index < -0.39 is 66.4 Å². The number of nitrogens with two attached hydrogens (primary N) is 1. The molecule has 0 aliphatic carbocycles. The summed E-state index contributed by atoms with van der Waals surface area (Å²) in [5, 5.41) is 33.0. The van der Waals surface area contributed by atoms with Crippen molar-refractivity contribution >= 4 is 29.7 Å². The van der Waals surface area contributed by atoms with Gasteiger partial charge in [0.05, 0.1) is 24.9 Å². The number of hydrogen-bond acceptors (Lipinski definition) is 8. The van der Waals surface area contributed by atoms with Crippen molar-refractivity contribution in [3.63, 3.8) is 0 Å². The van der Waals surface area contributed by atoms with Crippen molar-refractivity contribution in [2.24, 2.45) is 5.73 Å². The van der Waals surface area contributed by atoms with E-state index in [4.69, 9.17) is 10.8 Å². The van der Waals surface area contributed by atoms with Crippen LogP contribution in [0.4, 0.5) is 0 Å². The van der Waals surface area contributed by atoms with Gasteiger partial charge in [-0.05, 0) is 19.8 Å². The minimum absolute atomic E-state index is 0.0492. The molecule has 14 nitrogen and oxygen atoms in total. The molecule has 2 rings (SSSR count). The van der Waals surface area contributed by atoms with E-state index >= 15 is 0 Å². The van der Waals surface area contributed by atoms with Crippen molar-refractivity contribution in [3.05, 3.63) is 18.2 Å². The molecule has 0 aromatic carbocycles. The van der Waals surface area contributed by atoms with E-state index in [1.807, 2.05) is 0 Å². The van der Waals surface area contributed by atoms with E-state index in [0.29, 0.717) is 12.1 Å². The maximum atomic E-state index is 12.8. The van der Waals surface area contributed by atoms with Gasteiger partial charge in [-0.3, -0.25) is 19.2 Å². The number of carboxylic acids is 2. The number of nitrogens with one attached hydrogen (secondary N) is 3. The highest BCUT2D eigenvalue weighted by molar-refractivity contribution is 5.96. The van der Waals surface area contributed by atoms with Crippen LogP contribution < -0.4 is 16.4 Å². The Bertz CT molecular complexity index is 874. The Kier molecular flexibility index (Phi) is 8.87. The number of aliphatic hydroxyl groups is 1. The standard InChI is InChI=1S/C19H28N6O8/c1-9(26)15(18(31)25-4-2-3-13(25)19(32)33)24-17(30)12(6-14(27)28)23-16(29)11(20)5-10-7-21-8-22-10/h7-9,11-13,15,26H,2-6,20H2,1H3,(H,21,22)(H,23,29)(H,24,30)(H,27,28)(H,32,33). The summed E-state index contributed by atoms with van der Waals surface area (Å²) in [6, 6.07) is -5.34. The van der Waals surface area contributed by atoms with Gasteiger partial charge in [0, 0.05) is 24.9 Å². The summed E-state index contributed by atoms with van der Waals surface area (Å²) in [5.74, 6) is -5.28. The number of hydrogen-bond donors (Lipinski definition) is 7. The van der Waals surface area contributed by atoms with Crippen LogP contribution in [0.1, 0.15) is 31.9 Å². The van der Waals surface area contributed by atoms with E-state index in [1.54, 1.807) is 0 Å². The van der Waals surface area contributed by atoms with Crippen molar-refractivity contribution in [1.29, 1.82) is 0 Å². The summed E-state index contributed by atoms with van der Waals surface area (Å²) in [4.78, 5) is 68.2. The molecule has 0 radical (unpaired) electrons. The summed E-state index contributed by atoms with van der Waals surface area (Å²) in [5.41, 5.74) is 6.37. The van der Waals surface area contributed by atoms with Crippen LogP contribution in [0.3, 0.4) is 0 Å². The highest BCUT2D eigenvalue weighted by Crippen LogP contribution is 2.19. The van der Waals surface area contributed by atoms with Crippen LogP contribution in [0, 0.1) is 0 Å². The number of aromatic nitrogens is 2. The molecule has 2 heterocycles. The molecule has 0 spiro atoms. The van der Waals surface area contributed by atoms with Gasteiger partial charge in [-0.1, -0.05) is 0 Å². The van der Waals surface area contributed by atoms with Crippen LogP contribution in [0.15, 0.2) is 12.5 Å². The first kappa shape index (κ1) is 25.7. The zero-order valence-corrected chi connectivity index (χ0v) is 17.9. The Balaban J connectivity index is 2.10. The first-order chi connectivity index (χ1) is 15.5. The minimum Gasteiger partial charge on any atom is -0.481 e. The third kappa shape index (κ3) is 6.98. The van der Waals surface area contributed by atoms with Crippen LogP contribution in [0.5, 0.6) is 0 Å². The molecule has 3 amide bonds. The van der Waals surface area contributed by atoms with Gasteiger partial charge in [0.15, 0.2) is 0 Å². The average molecular weight is 468 g/mol. The summed E-state index contributed by atoms with van der Waals surface area (Å²) < 4.78 is 0. The minimum atomic E-state index is -1.59. The van der Waals surface area contributed by atoms with Crippen molar-refractivity contribution in [2.45, 2.75) is 62.9 Å². The van der Waals surface area contributed by atoms with Crippen molar-refractivity contribution in [1.82, 2.24) is 25.5 Å². The molecule has 1 fully saturated rings. The topological polar surface area (TPSA) is 228 Å². The second-order valence-electron chi connectivity index (χ2n) is 7.80. The van der Waals surface area contributed by atoms with E-state index in [-0.39, 0.29) is 19.4 Å². The molecule has 5 unspecified atom stereocenters. The van der Waals surface area contributed by atoms with Crippen molar-refractivity contribution in [3.8, 4) is 0 Å². The molecule has 5 atom stereocenters. The predicted molar refractivity (Wildman–Crippen MR) is 110 cm³/mol. The SMILES string of the molecule is CC(O)C(NC(=O)C(CC(=O)O)NC(=O)C(N)Cc1cnc[nH]1)C(=O)N1CCCC1C(=O)O. The second-order valence-corrected chi connectivity index (χ2v) is 7.80. The summed E-state index contributed by atoms with van der Waals surface area (Å²) in [6.07, 6.45) is 1.34. The van der Waals surface area contributed by atoms with E-state index in [0.717, 1.165) is 4.90 Å². The quantitative estimate of drug-likeness (QED) is 0.176. The Morgan fingerprint density at radius 2 is 1.94 bits per heavy atom. The third-order valence-electron chi connectivity index (χ3n) is 5.21. The number of H-pyrrole nitrogens is 1. The van der Waals surface area contributed by atoms with Crippen molar-refractivity contribution < 1.29 is 39.3 Å². The molecule has 0 bridgehead atoms. The molecular formula is C19H28N6O8. The van der Waals surface area contributed by atoms with Gasteiger partial charge < -0.3 is 41.6 Å². The molecule has 1 aromatic heterocycles. The van der Waals surface area contributed by atoms with Crippen LogP contribution in [-0.2, 0) is 30.4 Å². The zero-order chi connectivity index (χ0) is 24.7. The number of amides is 3. The average Bonchev–Trinajstić information content (AvgIpc) is 3.42. The molecular weight excluding hydrogens is 440 g/mol. The highest BCUT2D eigenvalue weighted by Gasteiger charge is 2.40. The molecule has 182 valence electrons. The molecule has 1 aliphatic rings. The lowest BCUT2D eigenvalue weighted by molar-refractivity contribution is -0.151. The fourth-order valence-electron chi connectivity index (χ4n) is 3.50. The number of likely N-dealkylation sites (tertiary alicyclic amines) is 1. The summed E-state index contributed by atoms with van der Waals surface area (Å²) in [7, 11) is 0. The largest absolute Gasteiger partial charge is 0.481 e. The number of imidazole rings is 1. The molecule has 0 saturated carbocycles. The van der Waals surface area contributed by atoms with Gasteiger partial charge >= 0.3 is 11.9 Å². The number of nitrogens with zero attached hydrogens (tertiary/aromatic N) is 2. The Labute approximate surface area is 188 Å². The lowest BCUT2D eigenvalue weighted by Crippen LogP contribution is -2.60. The maximum absolute atomic E-state index is 12.8. The molecule has 1 saturated heterocycles. The fraction of sp³-hybridized carbons (Fsp3) is 0.579. The van der Waals surface area contributed by atoms with Crippen molar-refractivity contribution in [2.75, 3.05) is 6.54 Å². The molecule has 14 heteroatoms. The van der Waals surface area contributed by atoms with E-state index in [1.165, 1.54) is 19.4 Å². The number of rotatable bonds is 11. The van der Waals surface area contributed by atoms with E-state index in [9.17, 15) is 34.2 Å². The zero-order valence-electron chi connectivity index (χ0n) is 17.9. The monoisotopic (exact) mass is 468 g/mol. The Hall–Kier alpha value is -3.52. The Morgan fingerprint density at radius 1 is 1.24 bits per heavy atom. The normalized spacial score (nSPS) is 19.2. The summed E-state index contributed by atoms with van der Waals surface area (Å²) in [6.45, 7) is 1.35. The molecule has 33 heavy (non-hydrogen) atoms. The lowest BCUT2D eigenvalue weighted by atomic mass is 10.1. The third-order valence-corrected chi connectivity index (χ3v) is 5.21. The smallest absolute Gasteiger partial charge is 0.326 e. The second kappa shape index (κ2) is 11.4. The number of aliphatic hydroxyl groups excluding tert-OH is 1. The first-order valence-corrected chi connectivity index (χ1v) is 10.3. The van der Waals surface area contributed by atoms with Gasteiger partial charge in [0.2, 0.25) is 17.7 Å². The van der Waals surface area contributed by atoms with Gasteiger partial charge in [0.25, 0.3) is 0 Å². The highest BCUT2D eigenvalue weighted by atomic mass is 16.4. The summed E-state index contributed by atoms with van der Waals surface area (Å²) >= 11 is 0. The predicted octanol–water partition coefficient (Wildman–Crippen LogP) is -2.82. The molecule has 1 aliphatic heterocycles. The van der Waals surface area contributed by atoms with Gasteiger partial charge in [-0.15, -0.1) is 0 Å².